The second-order valence-electron chi connectivity index (χ2n) is 5.11. The molecule has 0 aromatic heterocycles. The minimum Gasteiger partial charge on any atom is -0.480 e. The van der Waals surface area contributed by atoms with Crippen LogP contribution in [0.15, 0.2) is 30.3 Å². The van der Waals surface area contributed by atoms with Gasteiger partial charge in [-0.15, -0.1) is 0 Å². The van der Waals surface area contributed by atoms with Gasteiger partial charge in [-0.1, -0.05) is 30.3 Å². The van der Waals surface area contributed by atoms with E-state index in [1.54, 1.807) is 0 Å². The molecule has 2 atom stereocenters. The summed E-state index contributed by atoms with van der Waals surface area (Å²) < 4.78 is 13.5. The minimum absolute atomic E-state index is 0.0560. The summed E-state index contributed by atoms with van der Waals surface area (Å²) in [7, 11) is 0. The Kier molecular flexibility index (Phi) is 4.84. The third kappa shape index (κ3) is 4.84. The molecule has 2 N–H and O–H groups in total. The van der Waals surface area contributed by atoms with Crippen LogP contribution in [0.4, 0.5) is 4.39 Å². The molecule has 0 saturated heterocycles. The monoisotopic (exact) mass is 253 g/mol. The van der Waals surface area contributed by atoms with E-state index in [9.17, 15) is 9.18 Å². The van der Waals surface area contributed by atoms with E-state index in [-0.39, 0.29) is 12.5 Å². The Bertz CT molecular complexity index is 387. The lowest BCUT2D eigenvalue weighted by Crippen LogP contribution is -2.42. The van der Waals surface area contributed by atoms with E-state index in [4.69, 9.17) is 5.11 Å². The van der Waals surface area contributed by atoms with Gasteiger partial charge in [0, 0.05) is 12.5 Å². The third-order valence-electron chi connectivity index (χ3n) is 2.74. The Morgan fingerprint density at radius 1 is 1.39 bits per heavy atom. The maximum Gasteiger partial charge on any atom is 0.320 e. The predicted molar refractivity (Wildman–Crippen MR) is 69.2 cm³/mol. The molecule has 100 valence electrons. The van der Waals surface area contributed by atoms with E-state index < -0.39 is 17.7 Å². The van der Waals surface area contributed by atoms with Crippen LogP contribution in [0.5, 0.6) is 0 Å². The minimum atomic E-state index is -1.51. The van der Waals surface area contributed by atoms with Crippen molar-refractivity contribution in [2.45, 2.75) is 44.9 Å². The first-order chi connectivity index (χ1) is 8.29. The van der Waals surface area contributed by atoms with E-state index >= 15 is 0 Å². The molecule has 0 aliphatic rings. The van der Waals surface area contributed by atoms with Crippen LogP contribution in [0.3, 0.4) is 0 Å². The second-order valence-corrected chi connectivity index (χ2v) is 5.11. The van der Waals surface area contributed by atoms with Crippen molar-refractivity contribution in [3.63, 3.8) is 0 Å². The first-order valence-corrected chi connectivity index (χ1v) is 6.02. The highest BCUT2D eigenvalue weighted by atomic mass is 19.1. The Balaban J connectivity index is 2.70. The number of halogens is 1. The van der Waals surface area contributed by atoms with E-state index in [1.165, 1.54) is 13.8 Å². The Labute approximate surface area is 107 Å². The lowest BCUT2D eigenvalue weighted by Gasteiger charge is -2.24. The van der Waals surface area contributed by atoms with Crippen LogP contribution in [0.25, 0.3) is 0 Å². The molecule has 18 heavy (non-hydrogen) atoms. The second kappa shape index (κ2) is 5.96. The fourth-order valence-corrected chi connectivity index (χ4v) is 1.84. The lowest BCUT2D eigenvalue weighted by molar-refractivity contribution is -0.140. The van der Waals surface area contributed by atoms with Crippen LogP contribution in [-0.4, -0.2) is 22.8 Å². The fraction of sp³-hybridized carbons (Fsp3) is 0.500. The van der Waals surface area contributed by atoms with Gasteiger partial charge in [-0.2, -0.15) is 0 Å². The quantitative estimate of drug-likeness (QED) is 0.819. The van der Waals surface area contributed by atoms with Gasteiger partial charge in [0.25, 0.3) is 0 Å². The van der Waals surface area contributed by atoms with Crippen molar-refractivity contribution in [3.05, 3.63) is 35.9 Å². The van der Waals surface area contributed by atoms with Gasteiger partial charge in [-0.3, -0.25) is 10.1 Å². The summed E-state index contributed by atoms with van der Waals surface area (Å²) in [6.45, 7) is 4.64. The highest BCUT2D eigenvalue weighted by Crippen LogP contribution is 2.19. The fourth-order valence-electron chi connectivity index (χ4n) is 1.84. The zero-order valence-electron chi connectivity index (χ0n) is 11.0. The summed E-state index contributed by atoms with van der Waals surface area (Å²) in [5.41, 5.74) is -0.521. The molecule has 0 aliphatic carbocycles. The number of hydrogen-bond acceptors (Lipinski definition) is 2. The Hall–Kier alpha value is -1.42. The molecule has 3 nitrogen and oxygen atoms in total. The van der Waals surface area contributed by atoms with Crippen LogP contribution in [0.2, 0.25) is 0 Å². The third-order valence-corrected chi connectivity index (χ3v) is 2.74. The predicted octanol–water partition coefficient (Wildman–Crippen LogP) is 2.93. The van der Waals surface area contributed by atoms with Crippen LogP contribution in [0.1, 0.15) is 38.8 Å². The molecule has 1 aromatic carbocycles. The van der Waals surface area contributed by atoms with Crippen LogP contribution in [-0.2, 0) is 4.79 Å². The molecule has 0 aliphatic heterocycles. The van der Waals surface area contributed by atoms with Gasteiger partial charge in [-0.25, -0.2) is 4.39 Å². The molecule has 1 aromatic rings. The van der Waals surface area contributed by atoms with Gasteiger partial charge in [0.1, 0.15) is 11.7 Å². The summed E-state index contributed by atoms with van der Waals surface area (Å²) in [5, 5.41) is 12.1. The summed E-state index contributed by atoms with van der Waals surface area (Å²) in [6.07, 6.45) is -0.0560. The van der Waals surface area contributed by atoms with Crippen LogP contribution in [0, 0.1) is 0 Å². The summed E-state index contributed by atoms with van der Waals surface area (Å²) >= 11 is 0. The molecular weight excluding hydrogens is 233 g/mol. The van der Waals surface area contributed by atoms with Crippen molar-refractivity contribution in [2.24, 2.45) is 0 Å². The molecule has 4 heteroatoms. The molecule has 0 heterocycles. The SMILES string of the molecule is C[C@H](N[C@@H](CC(C)(C)F)C(=O)O)c1ccccc1. The molecule has 0 fully saturated rings. The molecule has 1 rings (SSSR count). The van der Waals surface area contributed by atoms with Crippen molar-refractivity contribution in [2.75, 3.05) is 0 Å². The van der Waals surface area contributed by atoms with Crippen LogP contribution < -0.4 is 5.32 Å². The first-order valence-electron chi connectivity index (χ1n) is 6.02. The average Bonchev–Trinajstić information content (AvgIpc) is 2.27. The normalized spacial score (nSPS) is 15.1. The number of nitrogens with one attached hydrogen (secondary N) is 1. The average molecular weight is 253 g/mol. The van der Waals surface area contributed by atoms with Gasteiger partial charge in [-0.05, 0) is 26.3 Å². The molecule has 0 amide bonds. The number of hydrogen-bond donors (Lipinski definition) is 2. The first kappa shape index (κ1) is 14.6. The van der Waals surface area contributed by atoms with Crippen molar-refractivity contribution in [1.82, 2.24) is 5.32 Å². The van der Waals surface area contributed by atoms with Crippen molar-refractivity contribution < 1.29 is 14.3 Å². The Morgan fingerprint density at radius 3 is 2.39 bits per heavy atom. The highest BCUT2D eigenvalue weighted by molar-refractivity contribution is 5.73. The van der Waals surface area contributed by atoms with Crippen molar-refractivity contribution in [1.29, 1.82) is 0 Å². The van der Waals surface area contributed by atoms with Gasteiger partial charge in [0.15, 0.2) is 0 Å². The Morgan fingerprint density at radius 2 is 1.94 bits per heavy atom. The zero-order chi connectivity index (χ0) is 13.8. The van der Waals surface area contributed by atoms with E-state index in [0.717, 1.165) is 5.56 Å². The number of carboxylic acid groups (broad SMARTS) is 1. The number of aliphatic carboxylic acids is 1. The maximum absolute atomic E-state index is 13.5. The zero-order valence-corrected chi connectivity index (χ0v) is 11.0. The van der Waals surface area contributed by atoms with Gasteiger partial charge >= 0.3 is 5.97 Å². The molecule has 0 unspecified atom stereocenters. The molecular formula is C14H20FNO2. The topological polar surface area (TPSA) is 49.3 Å². The summed E-state index contributed by atoms with van der Waals surface area (Å²) in [4.78, 5) is 11.1. The summed E-state index contributed by atoms with van der Waals surface area (Å²) in [5.74, 6) is -1.02. The van der Waals surface area contributed by atoms with E-state index in [0.29, 0.717) is 0 Å². The number of alkyl halides is 1. The maximum atomic E-state index is 13.5. The van der Waals surface area contributed by atoms with Gasteiger partial charge in [0.05, 0.1) is 0 Å². The number of carbonyl (C=O) groups is 1. The number of benzene rings is 1. The molecule has 0 spiro atoms. The smallest absolute Gasteiger partial charge is 0.320 e. The molecule has 0 saturated carbocycles. The largest absolute Gasteiger partial charge is 0.480 e. The van der Waals surface area contributed by atoms with Crippen LogP contribution >= 0.6 is 0 Å². The molecule has 0 bridgehead atoms. The van der Waals surface area contributed by atoms with Crippen molar-refractivity contribution >= 4 is 5.97 Å². The highest BCUT2D eigenvalue weighted by Gasteiger charge is 2.28. The van der Waals surface area contributed by atoms with E-state index in [1.807, 2.05) is 37.3 Å². The van der Waals surface area contributed by atoms with Gasteiger partial charge < -0.3 is 5.11 Å². The van der Waals surface area contributed by atoms with Gasteiger partial charge in [0.2, 0.25) is 0 Å². The standard InChI is InChI=1S/C14H20FNO2/c1-10(11-7-5-4-6-8-11)16-12(13(17)18)9-14(2,3)15/h4-8,10,12,16H,9H2,1-3H3,(H,17,18)/t10-,12-/m0/s1. The molecule has 0 radical (unpaired) electrons. The summed E-state index contributed by atoms with van der Waals surface area (Å²) in [6, 6.07) is 8.49. The number of carboxylic acids is 1. The lowest BCUT2D eigenvalue weighted by atomic mass is 9.99. The number of rotatable bonds is 6. The van der Waals surface area contributed by atoms with Crippen molar-refractivity contribution in [3.8, 4) is 0 Å². The van der Waals surface area contributed by atoms with E-state index in [2.05, 4.69) is 5.32 Å².